The summed E-state index contributed by atoms with van der Waals surface area (Å²) < 4.78 is 46.1. The van der Waals surface area contributed by atoms with Gasteiger partial charge in [-0.1, -0.05) is 22.9 Å². The summed E-state index contributed by atoms with van der Waals surface area (Å²) in [7, 11) is 0. The zero-order chi connectivity index (χ0) is 15.4. The van der Waals surface area contributed by atoms with Crippen molar-refractivity contribution in [2.45, 2.75) is 13.5 Å². The van der Waals surface area contributed by atoms with Crippen molar-refractivity contribution in [3.63, 3.8) is 0 Å². The third-order valence-corrected chi connectivity index (χ3v) is 3.16. The number of halogens is 4. The van der Waals surface area contributed by atoms with Crippen molar-refractivity contribution in [2.24, 2.45) is 0 Å². The second-order valence-corrected chi connectivity index (χ2v) is 5.29. The maximum absolute atomic E-state index is 13.6. The topological polar surface area (TPSA) is 21.3 Å². The van der Waals surface area contributed by atoms with Gasteiger partial charge in [-0.2, -0.15) is 4.39 Å². The average Bonchev–Trinajstić information content (AvgIpc) is 2.41. The lowest BCUT2D eigenvalue weighted by Gasteiger charge is -2.10. The summed E-state index contributed by atoms with van der Waals surface area (Å²) in [6.07, 6.45) is 0. The van der Waals surface area contributed by atoms with Crippen LogP contribution in [0.15, 0.2) is 34.8 Å². The van der Waals surface area contributed by atoms with E-state index in [0.717, 1.165) is 18.7 Å². The molecule has 0 aliphatic carbocycles. The number of ether oxygens (including phenoxy) is 1. The number of rotatable bonds is 5. The summed E-state index contributed by atoms with van der Waals surface area (Å²) in [5, 5.41) is 3.05. The van der Waals surface area contributed by atoms with Crippen LogP contribution in [0.5, 0.6) is 11.5 Å². The largest absolute Gasteiger partial charge is 0.454 e. The van der Waals surface area contributed by atoms with Crippen LogP contribution in [0, 0.1) is 17.5 Å². The lowest BCUT2D eigenvalue weighted by Crippen LogP contribution is -2.11. The minimum Gasteiger partial charge on any atom is -0.454 e. The Morgan fingerprint density at radius 2 is 1.86 bits per heavy atom. The summed E-state index contributed by atoms with van der Waals surface area (Å²) in [6, 6.07) is 6.32. The molecule has 0 spiro atoms. The van der Waals surface area contributed by atoms with Crippen molar-refractivity contribution in [2.75, 3.05) is 6.54 Å². The molecule has 21 heavy (non-hydrogen) atoms. The van der Waals surface area contributed by atoms with Gasteiger partial charge < -0.3 is 10.1 Å². The fourth-order valence-corrected chi connectivity index (χ4v) is 2.19. The first-order valence-electron chi connectivity index (χ1n) is 6.32. The second-order valence-electron chi connectivity index (χ2n) is 4.38. The molecule has 2 aromatic carbocycles. The summed E-state index contributed by atoms with van der Waals surface area (Å²) in [6.45, 7) is 3.12. The average molecular weight is 360 g/mol. The summed E-state index contributed by atoms with van der Waals surface area (Å²) in [4.78, 5) is 0. The van der Waals surface area contributed by atoms with E-state index in [4.69, 9.17) is 4.74 Å². The van der Waals surface area contributed by atoms with Crippen molar-refractivity contribution in [1.29, 1.82) is 0 Å². The fraction of sp³-hybridized carbons (Fsp3) is 0.200. The van der Waals surface area contributed by atoms with Crippen LogP contribution in [0.1, 0.15) is 12.5 Å². The van der Waals surface area contributed by atoms with Gasteiger partial charge in [-0.05, 0) is 36.4 Å². The maximum atomic E-state index is 13.6. The zero-order valence-electron chi connectivity index (χ0n) is 11.2. The van der Waals surface area contributed by atoms with Gasteiger partial charge in [0.05, 0.1) is 0 Å². The summed E-state index contributed by atoms with van der Waals surface area (Å²) >= 11 is 3.05. The van der Waals surface area contributed by atoms with Crippen LogP contribution in [0.3, 0.4) is 0 Å². The van der Waals surface area contributed by atoms with E-state index in [0.29, 0.717) is 16.6 Å². The molecule has 0 aromatic heterocycles. The summed E-state index contributed by atoms with van der Waals surface area (Å²) in [5.41, 5.74) is 0.655. The van der Waals surface area contributed by atoms with Crippen LogP contribution in [0.25, 0.3) is 0 Å². The molecule has 0 unspecified atom stereocenters. The Morgan fingerprint density at radius 3 is 2.57 bits per heavy atom. The van der Waals surface area contributed by atoms with Crippen LogP contribution < -0.4 is 10.1 Å². The van der Waals surface area contributed by atoms with Gasteiger partial charge in [0.1, 0.15) is 11.6 Å². The third-order valence-electron chi connectivity index (χ3n) is 2.70. The molecule has 0 heterocycles. The highest BCUT2D eigenvalue weighted by molar-refractivity contribution is 9.10. The minimum atomic E-state index is -1.12. The first-order valence-corrected chi connectivity index (χ1v) is 7.11. The zero-order valence-corrected chi connectivity index (χ0v) is 12.8. The molecule has 0 aliphatic heterocycles. The molecule has 0 saturated carbocycles. The highest BCUT2D eigenvalue weighted by Gasteiger charge is 2.13. The van der Waals surface area contributed by atoms with E-state index in [9.17, 15) is 13.2 Å². The number of benzene rings is 2. The SMILES string of the molecule is CCNCc1cc(F)cc(Oc2cc(Br)cc(F)c2F)c1. The molecule has 2 rings (SSSR count). The fourth-order valence-electron chi connectivity index (χ4n) is 1.78. The van der Waals surface area contributed by atoms with Gasteiger partial charge in [0.25, 0.3) is 0 Å². The van der Waals surface area contributed by atoms with E-state index in [1.165, 1.54) is 12.1 Å². The Labute approximate surface area is 129 Å². The normalized spacial score (nSPS) is 10.7. The van der Waals surface area contributed by atoms with E-state index in [1.54, 1.807) is 6.07 Å². The molecular weight excluding hydrogens is 347 g/mol. The molecule has 112 valence electrons. The predicted octanol–water partition coefficient (Wildman–Crippen LogP) is 4.77. The highest BCUT2D eigenvalue weighted by Crippen LogP contribution is 2.30. The Bertz CT molecular complexity index is 649. The van der Waals surface area contributed by atoms with E-state index in [2.05, 4.69) is 21.2 Å². The van der Waals surface area contributed by atoms with Crippen LogP contribution in [0.4, 0.5) is 13.2 Å². The van der Waals surface area contributed by atoms with Gasteiger partial charge in [-0.15, -0.1) is 0 Å². The van der Waals surface area contributed by atoms with Crippen molar-refractivity contribution in [3.8, 4) is 11.5 Å². The Morgan fingerprint density at radius 1 is 1.10 bits per heavy atom. The standard InChI is InChI=1S/C15H13BrF3NO/c1-2-20-8-9-3-11(17)7-12(4-9)21-14-6-10(16)5-13(18)15(14)19/h3-7,20H,2,8H2,1H3. The van der Waals surface area contributed by atoms with Gasteiger partial charge in [-0.25, -0.2) is 8.78 Å². The summed E-state index contributed by atoms with van der Waals surface area (Å²) in [5.74, 6) is -2.85. The smallest absolute Gasteiger partial charge is 0.201 e. The Hall–Kier alpha value is -1.53. The predicted molar refractivity (Wildman–Crippen MR) is 77.9 cm³/mol. The monoisotopic (exact) mass is 359 g/mol. The number of nitrogens with one attached hydrogen (secondary N) is 1. The van der Waals surface area contributed by atoms with Crippen LogP contribution >= 0.6 is 15.9 Å². The molecule has 1 N–H and O–H groups in total. The Balaban J connectivity index is 2.29. The van der Waals surface area contributed by atoms with Crippen LogP contribution in [-0.2, 0) is 6.54 Å². The first-order chi connectivity index (χ1) is 9.99. The molecule has 0 bridgehead atoms. The maximum Gasteiger partial charge on any atom is 0.201 e. The van der Waals surface area contributed by atoms with Crippen molar-refractivity contribution in [1.82, 2.24) is 5.32 Å². The van der Waals surface area contributed by atoms with Crippen LogP contribution in [0.2, 0.25) is 0 Å². The molecule has 0 aliphatic rings. The Kier molecular flexibility index (Phi) is 5.25. The second kappa shape index (κ2) is 6.95. The van der Waals surface area contributed by atoms with Crippen LogP contribution in [-0.4, -0.2) is 6.54 Å². The van der Waals surface area contributed by atoms with Gasteiger partial charge in [0, 0.05) is 17.1 Å². The van der Waals surface area contributed by atoms with Gasteiger partial charge in [0.15, 0.2) is 11.6 Å². The molecule has 2 aromatic rings. The van der Waals surface area contributed by atoms with E-state index < -0.39 is 17.5 Å². The molecule has 6 heteroatoms. The lowest BCUT2D eigenvalue weighted by atomic mass is 10.2. The van der Waals surface area contributed by atoms with Gasteiger partial charge in [0.2, 0.25) is 5.82 Å². The number of hydrogen-bond donors (Lipinski definition) is 1. The molecule has 2 nitrogen and oxygen atoms in total. The number of hydrogen-bond acceptors (Lipinski definition) is 2. The lowest BCUT2D eigenvalue weighted by molar-refractivity contribution is 0.413. The molecule has 0 saturated heterocycles. The quantitative estimate of drug-likeness (QED) is 0.776. The van der Waals surface area contributed by atoms with E-state index in [1.807, 2.05) is 6.92 Å². The van der Waals surface area contributed by atoms with Gasteiger partial charge >= 0.3 is 0 Å². The van der Waals surface area contributed by atoms with Crippen molar-refractivity contribution < 1.29 is 17.9 Å². The molecular formula is C15H13BrF3NO. The van der Waals surface area contributed by atoms with Gasteiger partial charge in [-0.3, -0.25) is 0 Å². The van der Waals surface area contributed by atoms with Crippen molar-refractivity contribution in [3.05, 3.63) is 57.8 Å². The highest BCUT2D eigenvalue weighted by atomic mass is 79.9. The third kappa shape index (κ3) is 4.22. The van der Waals surface area contributed by atoms with E-state index in [-0.39, 0.29) is 11.5 Å². The molecule has 0 radical (unpaired) electrons. The molecule has 0 amide bonds. The minimum absolute atomic E-state index is 0.110. The first kappa shape index (κ1) is 15.9. The molecule has 0 atom stereocenters. The van der Waals surface area contributed by atoms with E-state index >= 15 is 0 Å². The molecule has 0 fully saturated rings. The van der Waals surface area contributed by atoms with Crippen molar-refractivity contribution >= 4 is 15.9 Å².